The normalized spacial score (nSPS) is 13.1. The largest absolute Gasteiger partial charge is 0.137 e. The standard InChI is InChI=1S/C10H7Cl2IS2/c1-5-2-7(15-10(5)12)9(11)6-3-8(13)14-4-6/h2-4,9H,1H3. The van der Waals surface area contributed by atoms with Gasteiger partial charge in [-0.25, -0.2) is 0 Å². The predicted molar refractivity (Wildman–Crippen MR) is 78.8 cm³/mol. The first kappa shape index (κ1) is 12.2. The quantitative estimate of drug-likeness (QED) is 0.457. The molecule has 0 nitrogen and oxygen atoms in total. The highest BCUT2D eigenvalue weighted by molar-refractivity contribution is 14.1. The Morgan fingerprint density at radius 1 is 1.40 bits per heavy atom. The molecule has 0 radical (unpaired) electrons. The lowest BCUT2D eigenvalue weighted by Crippen LogP contribution is -1.86. The summed E-state index contributed by atoms with van der Waals surface area (Å²) in [5.74, 6) is 0. The van der Waals surface area contributed by atoms with Gasteiger partial charge in [-0.05, 0) is 58.2 Å². The van der Waals surface area contributed by atoms with Gasteiger partial charge in [0.25, 0.3) is 0 Å². The van der Waals surface area contributed by atoms with Crippen LogP contribution < -0.4 is 0 Å². The number of alkyl halides is 1. The van der Waals surface area contributed by atoms with Crippen LogP contribution >= 0.6 is 68.5 Å². The van der Waals surface area contributed by atoms with E-state index in [4.69, 9.17) is 23.2 Å². The molecule has 1 unspecified atom stereocenters. The van der Waals surface area contributed by atoms with Gasteiger partial charge >= 0.3 is 0 Å². The summed E-state index contributed by atoms with van der Waals surface area (Å²) in [4.78, 5) is 1.12. The Morgan fingerprint density at radius 2 is 2.13 bits per heavy atom. The van der Waals surface area contributed by atoms with Gasteiger partial charge in [-0.15, -0.1) is 34.3 Å². The molecular formula is C10H7Cl2IS2. The molecule has 0 fully saturated rings. The highest BCUT2D eigenvalue weighted by Crippen LogP contribution is 2.39. The maximum Gasteiger partial charge on any atom is 0.0960 e. The minimum absolute atomic E-state index is 0.0686. The molecule has 0 saturated carbocycles. The van der Waals surface area contributed by atoms with Gasteiger partial charge in [-0.2, -0.15) is 0 Å². The van der Waals surface area contributed by atoms with Crippen molar-refractivity contribution in [1.82, 2.24) is 0 Å². The number of halogens is 3. The molecule has 0 N–H and O–H groups in total. The molecule has 5 heteroatoms. The van der Waals surface area contributed by atoms with Crippen LogP contribution in [0.5, 0.6) is 0 Å². The fourth-order valence-electron chi connectivity index (χ4n) is 1.23. The first-order chi connectivity index (χ1) is 7.08. The third-order valence-electron chi connectivity index (χ3n) is 2.01. The number of hydrogen-bond donors (Lipinski definition) is 0. The number of hydrogen-bond acceptors (Lipinski definition) is 2. The molecule has 2 aromatic heterocycles. The highest BCUT2D eigenvalue weighted by Gasteiger charge is 2.16. The van der Waals surface area contributed by atoms with E-state index in [1.165, 1.54) is 2.88 Å². The molecule has 0 aliphatic carbocycles. The zero-order valence-corrected chi connectivity index (χ0v) is 13.1. The Kier molecular flexibility index (Phi) is 3.99. The fourth-order valence-corrected chi connectivity index (χ4v) is 4.25. The van der Waals surface area contributed by atoms with Crippen molar-refractivity contribution in [3.05, 3.63) is 40.7 Å². The lowest BCUT2D eigenvalue weighted by Gasteiger charge is -2.03. The molecule has 0 amide bonds. The molecule has 0 aromatic carbocycles. The first-order valence-corrected chi connectivity index (χ1v) is 7.80. The van der Waals surface area contributed by atoms with Crippen molar-refractivity contribution < 1.29 is 0 Å². The van der Waals surface area contributed by atoms with Gasteiger partial charge in [-0.3, -0.25) is 0 Å². The fraction of sp³-hybridized carbons (Fsp3) is 0.200. The second kappa shape index (κ2) is 4.92. The molecular weight excluding hydrogens is 382 g/mol. The van der Waals surface area contributed by atoms with E-state index in [9.17, 15) is 0 Å². The van der Waals surface area contributed by atoms with Gasteiger partial charge in [-0.1, -0.05) is 11.6 Å². The van der Waals surface area contributed by atoms with E-state index in [-0.39, 0.29) is 5.38 Å². The average Bonchev–Trinajstić information content (AvgIpc) is 2.74. The van der Waals surface area contributed by atoms with E-state index >= 15 is 0 Å². The van der Waals surface area contributed by atoms with Crippen molar-refractivity contribution in [2.45, 2.75) is 12.3 Å². The molecule has 0 spiro atoms. The summed E-state index contributed by atoms with van der Waals surface area (Å²) < 4.78 is 2.09. The Balaban J connectivity index is 2.31. The molecule has 0 aliphatic rings. The maximum absolute atomic E-state index is 6.39. The van der Waals surface area contributed by atoms with Crippen LogP contribution in [0.2, 0.25) is 4.34 Å². The summed E-state index contributed by atoms with van der Waals surface area (Å²) in [6.45, 7) is 2.00. The molecule has 80 valence electrons. The number of aryl methyl sites for hydroxylation is 1. The van der Waals surface area contributed by atoms with Crippen molar-refractivity contribution in [3.8, 4) is 0 Å². The minimum Gasteiger partial charge on any atom is -0.137 e. The van der Waals surface area contributed by atoms with Gasteiger partial charge in [0.1, 0.15) is 0 Å². The molecule has 0 saturated heterocycles. The van der Waals surface area contributed by atoms with Crippen molar-refractivity contribution >= 4 is 68.5 Å². The average molecular weight is 389 g/mol. The summed E-state index contributed by atoms with van der Waals surface area (Å²) in [6, 6.07) is 4.18. The Hall–Kier alpha value is 0.710. The first-order valence-electron chi connectivity index (χ1n) is 4.21. The van der Waals surface area contributed by atoms with Crippen LogP contribution in [0.15, 0.2) is 17.5 Å². The van der Waals surface area contributed by atoms with E-state index in [0.29, 0.717) is 0 Å². The summed E-state index contributed by atoms with van der Waals surface area (Å²) in [6.07, 6.45) is 0. The van der Waals surface area contributed by atoms with Crippen LogP contribution in [0, 0.1) is 9.81 Å². The third-order valence-corrected chi connectivity index (χ3v) is 6.05. The van der Waals surface area contributed by atoms with Crippen LogP contribution in [0.4, 0.5) is 0 Å². The lowest BCUT2D eigenvalue weighted by atomic mass is 10.2. The van der Waals surface area contributed by atoms with Gasteiger partial charge < -0.3 is 0 Å². The second-order valence-electron chi connectivity index (χ2n) is 3.15. The van der Waals surface area contributed by atoms with Crippen LogP contribution in [-0.2, 0) is 0 Å². The van der Waals surface area contributed by atoms with Crippen LogP contribution in [0.3, 0.4) is 0 Å². The van der Waals surface area contributed by atoms with E-state index in [1.54, 1.807) is 22.7 Å². The Morgan fingerprint density at radius 3 is 2.60 bits per heavy atom. The molecule has 15 heavy (non-hydrogen) atoms. The van der Waals surface area contributed by atoms with Crippen molar-refractivity contribution in [2.75, 3.05) is 0 Å². The van der Waals surface area contributed by atoms with E-state index in [2.05, 4.69) is 40.1 Å². The molecule has 2 heterocycles. The minimum atomic E-state index is -0.0686. The molecule has 0 bridgehead atoms. The lowest BCUT2D eigenvalue weighted by molar-refractivity contribution is 1.20. The van der Waals surface area contributed by atoms with Gasteiger partial charge in [0, 0.05) is 4.88 Å². The number of thiophene rings is 2. The van der Waals surface area contributed by atoms with Crippen molar-refractivity contribution in [2.24, 2.45) is 0 Å². The Labute approximate surface area is 120 Å². The van der Waals surface area contributed by atoms with Gasteiger partial charge in [0.2, 0.25) is 0 Å². The van der Waals surface area contributed by atoms with E-state index in [1.807, 2.05) is 6.92 Å². The third kappa shape index (κ3) is 2.69. The maximum atomic E-state index is 6.39. The van der Waals surface area contributed by atoms with E-state index in [0.717, 1.165) is 20.3 Å². The van der Waals surface area contributed by atoms with E-state index < -0.39 is 0 Å². The van der Waals surface area contributed by atoms with Crippen molar-refractivity contribution in [3.63, 3.8) is 0 Å². The van der Waals surface area contributed by atoms with Crippen LogP contribution in [-0.4, -0.2) is 0 Å². The summed E-state index contributed by atoms with van der Waals surface area (Å²) in [7, 11) is 0. The molecule has 2 rings (SSSR count). The predicted octanol–water partition coefficient (Wildman–Crippen LogP) is 5.70. The summed E-state index contributed by atoms with van der Waals surface area (Å²) in [5, 5.41) is 2.03. The highest BCUT2D eigenvalue weighted by atomic mass is 127. The van der Waals surface area contributed by atoms with Gasteiger partial charge in [0.15, 0.2) is 0 Å². The molecule has 2 aromatic rings. The second-order valence-corrected chi connectivity index (χ2v) is 8.08. The van der Waals surface area contributed by atoms with Gasteiger partial charge in [0.05, 0.1) is 12.6 Å². The zero-order chi connectivity index (χ0) is 11.0. The monoisotopic (exact) mass is 388 g/mol. The zero-order valence-electron chi connectivity index (χ0n) is 7.76. The summed E-state index contributed by atoms with van der Waals surface area (Å²) in [5.41, 5.74) is 2.26. The molecule has 0 aliphatic heterocycles. The van der Waals surface area contributed by atoms with Crippen LogP contribution in [0.1, 0.15) is 21.4 Å². The Bertz CT molecular complexity index is 456. The number of rotatable bonds is 2. The van der Waals surface area contributed by atoms with Crippen LogP contribution in [0.25, 0.3) is 0 Å². The smallest absolute Gasteiger partial charge is 0.0960 e. The molecule has 1 atom stereocenters. The SMILES string of the molecule is Cc1cc(C(Cl)c2csc(I)c2)sc1Cl. The topological polar surface area (TPSA) is 0 Å². The summed E-state index contributed by atoms with van der Waals surface area (Å²) >= 11 is 18.0. The van der Waals surface area contributed by atoms with Crippen molar-refractivity contribution in [1.29, 1.82) is 0 Å².